The van der Waals surface area contributed by atoms with Gasteiger partial charge in [0, 0.05) is 168 Å². The van der Waals surface area contributed by atoms with E-state index in [9.17, 15) is 19.2 Å². The molecule has 6 fully saturated rings. The Kier molecular flexibility index (Phi) is 42.6. The minimum atomic E-state index is 0. The number of nitrogens with zero attached hydrogens (tertiary/aromatic N) is 12. The first kappa shape index (κ1) is 107. The highest BCUT2D eigenvalue weighted by Crippen LogP contribution is 2.39. The molecule has 16 nitrogen and oxygen atoms in total. The number of benzene rings is 6. The Morgan fingerprint density at radius 3 is 0.529 bits per heavy atom. The van der Waals surface area contributed by atoms with Crippen LogP contribution in [-0.2, 0) is 115 Å². The summed E-state index contributed by atoms with van der Waals surface area (Å²) in [5, 5.41) is 0. The summed E-state index contributed by atoms with van der Waals surface area (Å²) in [6.45, 7) is 23.7. The highest BCUT2D eigenvalue weighted by atomic mass is 16.1. The molecule has 0 spiro atoms. The van der Waals surface area contributed by atoms with E-state index in [0.717, 1.165) is 172 Å². The minimum absolute atomic E-state index is 0. The van der Waals surface area contributed by atoms with Gasteiger partial charge in [0.15, 0.2) is 0 Å². The maximum absolute atomic E-state index is 11.2. The van der Waals surface area contributed by atoms with E-state index < -0.39 is 0 Å². The number of carbonyl (C=O) groups excluding carboxylic acids is 4. The molecule has 6 aromatic heterocycles. The summed E-state index contributed by atoms with van der Waals surface area (Å²) in [7, 11) is 0. The summed E-state index contributed by atoms with van der Waals surface area (Å²) < 4.78 is 0. The van der Waals surface area contributed by atoms with Crippen molar-refractivity contribution in [1.29, 1.82) is 0 Å². The van der Waals surface area contributed by atoms with Crippen molar-refractivity contribution in [2.24, 2.45) is 0 Å². The summed E-state index contributed by atoms with van der Waals surface area (Å²) in [6, 6.07) is 64.1. The number of ketones is 4. The topological polar surface area (TPSA) is 223 Å². The van der Waals surface area contributed by atoms with Crippen LogP contribution in [-0.4, -0.2) is 82.9 Å². The van der Waals surface area contributed by atoms with E-state index in [-0.39, 0.29) is 30.6 Å². The molecule has 0 radical (unpaired) electrons. The standard InChI is InChI=1S/2C21H26N2O.C21H28N2.2C20H24N2O.C20H26N2.CH4/c2*1-3-19-14-20(23-21(22-19)18-6-4-5-7-18)13-17-10-8-16(9-11-17)12-15(2)24;1-3-7-16-10-12-17(13-11-16)14-20-15-19(4-2)22-21(23-20)18-8-5-6-9-18;2*1-14-11-19(22-20(21-14)18-5-3-4-6-18)13-17-9-7-16(8-10-17)12-15(2)23;1-3-6-16-9-11-17(12-10-16)14-19-13-15(2)21-20(22-19)18-7-4-5-8-18;/h2*8-11,14,18H,3-7,12-13H2,1-2H3;10-13,15,18H,3-9,14H2,1-2H3;2*7-11,18H,3-6,12-13H2,1-2H3;9-13,18H,3-8,14H2,1-2H3;1H4. The third kappa shape index (κ3) is 35.0. The van der Waals surface area contributed by atoms with Gasteiger partial charge >= 0.3 is 0 Å². The van der Waals surface area contributed by atoms with Crippen molar-refractivity contribution < 1.29 is 19.2 Å². The van der Waals surface area contributed by atoms with Gasteiger partial charge in [0.25, 0.3) is 0 Å². The Hall–Kier alpha value is -11.5. The maximum Gasteiger partial charge on any atom is 0.134 e. The van der Waals surface area contributed by atoms with Gasteiger partial charge in [0.05, 0.1) is 0 Å². The predicted octanol–water partition coefficient (Wildman–Crippen LogP) is 28.0. The van der Waals surface area contributed by atoms with E-state index >= 15 is 0 Å². The number of carbonyl (C=O) groups is 4. The third-order valence-electron chi connectivity index (χ3n) is 28.1. The van der Waals surface area contributed by atoms with E-state index in [1.165, 1.54) is 236 Å². The average molecular weight is 1880 g/mol. The van der Waals surface area contributed by atoms with Crippen molar-refractivity contribution in [3.63, 3.8) is 0 Å². The Morgan fingerprint density at radius 1 is 0.214 bits per heavy atom. The van der Waals surface area contributed by atoms with Gasteiger partial charge < -0.3 is 0 Å². The van der Waals surface area contributed by atoms with Crippen molar-refractivity contribution in [2.45, 2.75) is 389 Å². The predicted molar refractivity (Wildman–Crippen MR) is 570 cm³/mol. The first-order chi connectivity index (χ1) is 67.5. The normalized spacial score (nSPS) is 15.0. The van der Waals surface area contributed by atoms with Crippen LogP contribution in [0.15, 0.2) is 182 Å². The van der Waals surface area contributed by atoms with E-state index in [1.807, 2.05) is 24.3 Å². The van der Waals surface area contributed by atoms with Crippen LogP contribution < -0.4 is 0 Å². The van der Waals surface area contributed by atoms with Gasteiger partial charge in [-0.15, -0.1) is 0 Å². The number of rotatable bonds is 33. The van der Waals surface area contributed by atoms with Gasteiger partial charge in [0.2, 0.25) is 0 Å². The molecule has 6 aliphatic rings. The molecule has 0 bridgehead atoms. The van der Waals surface area contributed by atoms with Crippen LogP contribution in [0, 0.1) is 20.8 Å². The molecule has 0 N–H and O–H groups in total. The van der Waals surface area contributed by atoms with Crippen molar-refractivity contribution in [3.05, 3.63) is 352 Å². The lowest BCUT2D eigenvalue weighted by Gasteiger charge is -2.12. The first-order valence-corrected chi connectivity index (χ1v) is 53.1. The van der Waals surface area contributed by atoms with E-state index in [4.69, 9.17) is 44.9 Å². The van der Waals surface area contributed by atoms with Crippen molar-refractivity contribution in [1.82, 2.24) is 59.8 Å². The summed E-state index contributed by atoms with van der Waals surface area (Å²) in [4.78, 5) is 102. The smallest absolute Gasteiger partial charge is 0.134 e. The van der Waals surface area contributed by atoms with Gasteiger partial charge in [-0.3, -0.25) is 19.2 Å². The quantitative estimate of drug-likeness (QED) is 0.0373. The summed E-state index contributed by atoms with van der Waals surface area (Å²) in [6.07, 6.45) is 45.4. The molecule has 6 heterocycles. The molecule has 12 aromatic rings. The van der Waals surface area contributed by atoms with E-state index in [0.29, 0.717) is 61.2 Å². The van der Waals surface area contributed by atoms with Crippen LogP contribution in [0.3, 0.4) is 0 Å². The molecular formula is C124H158N12O4. The van der Waals surface area contributed by atoms with Crippen molar-refractivity contribution in [3.8, 4) is 0 Å². The lowest BCUT2D eigenvalue weighted by Crippen LogP contribution is -2.07. The summed E-state index contributed by atoms with van der Waals surface area (Å²) in [5.41, 5.74) is 28.3. The minimum Gasteiger partial charge on any atom is -0.300 e. The number of hydrogen-bond donors (Lipinski definition) is 0. The Morgan fingerprint density at radius 2 is 0.364 bits per heavy atom. The number of Topliss-reactive ketones (excluding diaryl/α,β-unsaturated/α-hetero) is 4. The highest BCUT2D eigenvalue weighted by Gasteiger charge is 2.28. The summed E-state index contributed by atoms with van der Waals surface area (Å²) >= 11 is 0. The molecule has 16 heteroatoms. The first-order valence-electron chi connectivity index (χ1n) is 53.1. The lowest BCUT2D eigenvalue weighted by atomic mass is 10.0. The lowest BCUT2D eigenvalue weighted by molar-refractivity contribution is -0.117. The SMILES string of the molecule is C.CC(=O)Cc1ccc(Cc2cc(C)nc(C3CCCC3)n2)cc1.CC(=O)Cc1ccc(Cc2cc(C)nc(C3CCCC3)n2)cc1.CCCc1ccc(Cc2cc(C)nc(C3CCCC3)n2)cc1.CCCc1ccc(Cc2cc(CC)nc(C3CCCC3)n2)cc1.CCc1cc(Cc2ccc(CC(C)=O)cc2)nc(C2CCCC2)n1.CCc1cc(Cc2ccc(CC(C)=O)cc2)nc(C2CCCC2)n1. The second-order valence-corrected chi connectivity index (χ2v) is 40.6. The van der Waals surface area contributed by atoms with Gasteiger partial charge in [-0.2, -0.15) is 0 Å². The molecule has 140 heavy (non-hydrogen) atoms. The Bertz CT molecular complexity index is 5630. The molecular weight excluding hydrogens is 1720 g/mol. The fraction of sp³-hybridized carbons (Fsp3) is 0.484. The second kappa shape index (κ2) is 55.6. The molecule has 0 amide bonds. The van der Waals surface area contributed by atoms with Crippen LogP contribution in [0.5, 0.6) is 0 Å². The van der Waals surface area contributed by atoms with E-state index in [1.54, 1.807) is 27.7 Å². The van der Waals surface area contributed by atoms with Crippen LogP contribution in [0.25, 0.3) is 0 Å². The average Bonchev–Trinajstić information content (AvgIpc) is 1.49. The summed E-state index contributed by atoms with van der Waals surface area (Å²) in [5.74, 6) is 10.5. The molecule has 18 rings (SSSR count). The molecule has 6 saturated carbocycles. The second-order valence-electron chi connectivity index (χ2n) is 40.6. The number of aryl methyl sites for hydroxylation is 8. The Labute approximate surface area is 838 Å². The highest BCUT2D eigenvalue weighted by molar-refractivity contribution is 5.79. The molecule has 6 aliphatic carbocycles. The monoisotopic (exact) mass is 1880 g/mol. The zero-order valence-electron chi connectivity index (χ0n) is 85.8. The fourth-order valence-corrected chi connectivity index (χ4v) is 20.7. The van der Waals surface area contributed by atoms with Gasteiger partial charge in [0.1, 0.15) is 58.1 Å². The van der Waals surface area contributed by atoms with Gasteiger partial charge in [-0.1, -0.05) is 278 Å². The zero-order valence-corrected chi connectivity index (χ0v) is 85.8. The largest absolute Gasteiger partial charge is 0.300 e. The number of hydrogen-bond acceptors (Lipinski definition) is 16. The molecule has 0 unspecified atom stereocenters. The van der Waals surface area contributed by atoms with E-state index in [2.05, 4.69) is 228 Å². The molecule has 738 valence electrons. The van der Waals surface area contributed by atoms with Crippen molar-refractivity contribution >= 4 is 23.1 Å². The molecule has 6 aromatic carbocycles. The zero-order chi connectivity index (χ0) is 97.8. The number of aromatic nitrogens is 12. The van der Waals surface area contributed by atoms with Crippen molar-refractivity contribution in [2.75, 3.05) is 0 Å². The molecule has 0 aliphatic heterocycles. The maximum atomic E-state index is 11.2. The van der Waals surface area contributed by atoms with Gasteiger partial charge in [-0.25, -0.2) is 59.8 Å². The van der Waals surface area contributed by atoms with Gasteiger partial charge in [-0.05, 0) is 261 Å². The van der Waals surface area contributed by atoms with Crippen LogP contribution in [0.2, 0.25) is 0 Å². The van der Waals surface area contributed by atoms with Crippen LogP contribution >= 0.6 is 0 Å². The molecule has 0 atom stereocenters. The van der Waals surface area contributed by atoms with Crippen LogP contribution in [0.1, 0.15) is 442 Å². The fourth-order valence-electron chi connectivity index (χ4n) is 20.7. The third-order valence-corrected chi connectivity index (χ3v) is 28.1. The van der Waals surface area contributed by atoms with Crippen LogP contribution in [0.4, 0.5) is 0 Å². The Balaban J connectivity index is 0.000000150. The molecule has 0 saturated heterocycles.